The van der Waals surface area contributed by atoms with E-state index in [1.807, 2.05) is 0 Å². The number of amides is 2. The lowest BCUT2D eigenvalue weighted by Gasteiger charge is -2.33. The van der Waals surface area contributed by atoms with Gasteiger partial charge in [-0.1, -0.05) is 6.07 Å². The number of halogens is 1. The van der Waals surface area contributed by atoms with Gasteiger partial charge in [0.2, 0.25) is 15.9 Å². The van der Waals surface area contributed by atoms with Crippen LogP contribution in [0.3, 0.4) is 0 Å². The Morgan fingerprint density at radius 2 is 1.76 bits per heavy atom. The molecule has 1 aliphatic heterocycles. The first-order valence-corrected chi connectivity index (χ1v) is 12.1. The first-order valence-electron chi connectivity index (χ1n) is 10.7. The second-order valence-corrected chi connectivity index (χ2v) is 9.81. The summed E-state index contributed by atoms with van der Waals surface area (Å²) in [7, 11) is -3.72. The predicted molar refractivity (Wildman–Crippen MR) is 122 cm³/mol. The Morgan fingerprint density at radius 1 is 1.06 bits per heavy atom. The predicted octanol–water partition coefficient (Wildman–Crippen LogP) is 1.79. The van der Waals surface area contributed by atoms with Gasteiger partial charge in [0.05, 0.1) is 16.9 Å². The molecule has 34 heavy (non-hydrogen) atoms. The summed E-state index contributed by atoms with van der Waals surface area (Å²) in [6.07, 6.45) is 4.68. The number of nitrogens with zero attached hydrogens (tertiary/aromatic N) is 4. The van der Waals surface area contributed by atoms with Crippen molar-refractivity contribution in [1.29, 1.82) is 0 Å². The molecule has 0 atom stereocenters. The van der Waals surface area contributed by atoms with Gasteiger partial charge in [-0.2, -0.15) is 4.31 Å². The van der Waals surface area contributed by atoms with Crippen molar-refractivity contribution >= 4 is 21.8 Å². The molecule has 9 nitrogen and oxygen atoms in total. The molecule has 1 saturated heterocycles. The Labute approximate surface area is 196 Å². The van der Waals surface area contributed by atoms with Gasteiger partial charge in [-0.15, -0.1) is 0 Å². The van der Waals surface area contributed by atoms with Crippen LogP contribution in [0, 0.1) is 5.82 Å². The molecule has 4 rings (SSSR count). The number of piperazine rings is 1. The molecule has 0 aliphatic carbocycles. The molecular formula is C23H24FN5O4S. The lowest BCUT2D eigenvalue weighted by Crippen LogP contribution is -2.49. The van der Waals surface area contributed by atoms with E-state index >= 15 is 0 Å². The number of hydrogen-bond acceptors (Lipinski definition) is 5. The van der Waals surface area contributed by atoms with Gasteiger partial charge in [0.1, 0.15) is 5.82 Å². The van der Waals surface area contributed by atoms with Gasteiger partial charge in [0.25, 0.3) is 5.91 Å². The summed E-state index contributed by atoms with van der Waals surface area (Å²) in [6.45, 7) is 2.71. The maximum Gasteiger partial charge on any atom is 0.251 e. The molecule has 11 heteroatoms. The SMILES string of the molecule is CC(=O)N1CCN(S(=O)(=O)c2ccc(C(=O)NCc3ccc(-n4ccnc4)c(F)c3)cc2)CC1. The second-order valence-electron chi connectivity index (χ2n) is 7.87. The van der Waals surface area contributed by atoms with E-state index in [0.29, 0.717) is 24.3 Å². The molecule has 0 bridgehead atoms. The first kappa shape index (κ1) is 23.6. The Kier molecular flexibility index (Phi) is 6.75. The summed E-state index contributed by atoms with van der Waals surface area (Å²) in [5, 5.41) is 2.71. The quantitative estimate of drug-likeness (QED) is 0.573. The topological polar surface area (TPSA) is 105 Å². The van der Waals surface area contributed by atoms with Crippen LogP contribution in [-0.4, -0.2) is 65.2 Å². The van der Waals surface area contributed by atoms with Crippen LogP contribution in [0.4, 0.5) is 4.39 Å². The van der Waals surface area contributed by atoms with Crippen LogP contribution in [0.5, 0.6) is 0 Å². The lowest BCUT2D eigenvalue weighted by molar-refractivity contribution is -0.129. The third-order valence-electron chi connectivity index (χ3n) is 5.69. The number of sulfonamides is 1. The van der Waals surface area contributed by atoms with Crippen molar-refractivity contribution in [1.82, 2.24) is 24.1 Å². The van der Waals surface area contributed by atoms with Crippen molar-refractivity contribution < 1.29 is 22.4 Å². The third kappa shape index (κ3) is 5.00. The number of carbonyl (C=O) groups excluding carboxylic acids is 2. The molecule has 1 aromatic heterocycles. The maximum atomic E-state index is 14.4. The van der Waals surface area contributed by atoms with Crippen molar-refractivity contribution in [2.75, 3.05) is 26.2 Å². The van der Waals surface area contributed by atoms with Crippen molar-refractivity contribution in [3.05, 3.63) is 78.1 Å². The van der Waals surface area contributed by atoms with E-state index in [1.54, 1.807) is 34.0 Å². The Morgan fingerprint density at radius 3 is 2.35 bits per heavy atom. The minimum atomic E-state index is -3.72. The third-order valence-corrected chi connectivity index (χ3v) is 7.60. The number of aromatic nitrogens is 2. The normalized spacial score (nSPS) is 14.7. The molecule has 2 aromatic carbocycles. The van der Waals surface area contributed by atoms with Crippen LogP contribution in [0.15, 0.2) is 66.1 Å². The molecule has 178 valence electrons. The van der Waals surface area contributed by atoms with Crippen molar-refractivity contribution in [3.63, 3.8) is 0 Å². The summed E-state index contributed by atoms with van der Waals surface area (Å²) in [6, 6.07) is 10.3. The van der Waals surface area contributed by atoms with Crippen LogP contribution >= 0.6 is 0 Å². The molecule has 0 saturated carbocycles. The number of hydrogen-bond donors (Lipinski definition) is 1. The fourth-order valence-electron chi connectivity index (χ4n) is 3.73. The Balaban J connectivity index is 1.37. The fraction of sp³-hybridized carbons (Fsp3) is 0.261. The highest BCUT2D eigenvalue weighted by Crippen LogP contribution is 2.19. The number of carbonyl (C=O) groups is 2. The summed E-state index contributed by atoms with van der Waals surface area (Å²) < 4.78 is 43.0. The van der Waals surface area contributed by atoms with Gasteiger partial charge in [0.15, 0.2) is 0 Å². The van der Waals surface area contributed by atoms with E-state index in [4.69, 9.17) is 0 Å². The molecule has 2 amide bonds. The Bertz CT molecular complexity index is 1290. The molecule has 0 unspecified atom stereocenters. The molecule has 1 fully saturated rings. The number of benzene rings is 2. The van der Waals surface area contributed by atoms with Gasteiger partial charge >= 0.3 is 0 Å². The lowest BCUT2D eigenvalue weighted by atomic mass is 10.1. The summed E-state index contributed by atoms with van der Waals surface area (Å²) >= 11 is 0. The number of imidazole rings is 1. The van der Waals surface area contributed by atoms with Gasteiger partial charge < -0.3 is 14.8 Å². The monoisotopic (exact) mass is 485 g/mol. The van der Waals surface area contributed by atoms with Gasteiger partial charge in [0, 0.05) is 57.6 Å². The second kappa shape index (κ2) is 9.74. The van der Waals surface area contributed by atoms with Crippen LogP contribution in [-0.2, 0) is 21.4 Å². The largest absolute Gasteiger partial charge is 0.348 e. The summed E-state index contributed by atoms with van der Waals surface area (Å²) in [4.78, 5) is 29.5. The fourth-order valence-corrected chi connectivity index (χ4v) is 5.15. The zero-order valence-electron chi connectivity index (χ0n) is 18.5. The first-order chi connectivity index (χ1) is 16.3. The van der Waals surface area contributed by atoms with Crippen molar-refractivity contribution in [2.24, 2.45) is 0 Å². The molecule has 1 aliphatic rings. The van der Waals surface area contributed by atoms with Crippen LogP contribution < -0.4 is 5.32 Å². The molecule has 3 aromatic rings. The van der Waals surface area contributed by atoms with E-state index < -0.39 is 21.7 Å². The van der Waals surface area contributed by atoms with E-state index in [-0.39, 0.29) is 36.0 Å². The van der Waals surface area contributed by atoms with E-state index in [2.05, 4.69) is 10.3 Å². The average Bonchev–Trinajstić information content (AvgIpc) is 3.37. The van der Waals surface area contributed by atoms with Gasteiger partial charge in [-0.25, -0.2) is 17.8 Å². The molecule has 2 heterocycles. The van der Waals surface area contributed by atoms with Crippen LogP contribution in [0.1, 0.15) is 22.8 Å². The van der Waals surface area contributed by atoms with Crippen molar-refractivity contribution in [3.8, 4) is 5.69 Å². The number of nitrogens with one attached hydrogen (secondary N) is 1. The van der Waals surface area contributed by atoms with Crippen molar-refractivity contribution in [2.45, 2.75) is 18.4 Å². The average molecular weight is 486 g/mol. The highest BCUT2D eigenvalue weighted by molar-refractivity contribution is 7.89. The molecular weight excluding hydrogens is 461 g/mol. The number of rotatable bonds is 6. The minimum absolute atomic E-state index is 0.0794. The molecule has 0 radical (unpaired) electrons. The molecule has 0 spiro atoms. The Hall–Kier alpha value is -3.57. The zero-order valence-corrected chi connectivity index (χ0v) is 19.3. The van der Waals surface area contributed by atoms with Crippen LogP contribution in [0.2, 0.25) is 0 Å². The summed E-state index contributed by atoms with van der Waals surface area (Å²) in [5.41, 5.74) is 1.22. The van der Waals surface area contributed by atoms with Gasteiger partial charge in [-0.3, -0.25) is 9.59 Å². The van der Waals surface area contributed by atoms with E-state index in [0.717, 1.165) is 0 Å². The minimum Gasteiger partial charge on any atom is -0.348 e. The van der Waals surface area contributed by atoms with E-state index in [1.165, 1.54) is 47.9 Å². The highest BCUT2D eigenvalue weighted by Gasteiger charge is 2.29. The highest BCUT2D eigenvalue weighted by atomic mass is 32.2. The smallest absolute Gasteiger partial charge is 0.251 e. The summed E-state index contributed by atoms with van der Waals surface area (Å²) in [5.74, 6) is -0.925. The maximum absolute atomic E-state index is 14.4. The molecule has 1 N–H and O–H groups in total. The zero-order chi connectivity index (χ0) is 24.3. The standard InChI is InChI=1S/C23H24FN5O4S/c1-17(30)27-10-12-29(13-11-27)34(32,33)20-5-3-19(4-6-20)23(31)26-15-18-2-7-22(21(24)14-18)28-9-8-25-16-28/h2-9,14,16H,10-13,15H2,1H3,(H,26,31). The van der Waals surface area contributed by atoms with Crippen LogP contribution in [0.25, 0.3) is 5.69 Å². The van der Waals surface area contributed by atoms with Gasteiger partial charge in [-0.05, 0) is 42.0 Å². The van der Waals surface area contributed by atoms with E-state index in [9.17, 15) is 22.4 Å².